The van der Waals surface area contributed by atoms with Gasteiger partial charge >= 0.3 is 0 Å². The zero-order valence-electron chi connectivity index (χ0n) is 8.60. The quantitative estimate of drug-likeness (QED) is 0.890. The molecule has 0 saturated heterocycles. The van der Waals surface area contributed by atoms with Crippen LogP contribution in [-0.2, 0) is 6.54 Å². The number of nitrogens with two attached hydrogens (primary N) is 1. The maximum atomic E-state index is 5.58. The highest BCUT2D eigenvalue weighted by molar-refractivity contribution is 7.14. The monoisotopic (exact) mass is 240 g/mol. The number of aromatic nitrogens is 2. The smallest absolute Gasteiger partial charge is 0.180 e. The van der Waals surface area contributed by atoms with Gasteiger partial charge in [0.05, 0.1) is 0 Å². The molecule has 15 heavy (non-hydrogen) atoms. The molecule has 6 heteroatoms. The molecule has 0 bridgehead atoms. The van der Waals surface area contributed by atoms with Crippen LogP contribution in [0.4, 0.5) is 5.13 Å². The molecular weight excluding hydrogens is 228 g/mol. The Balaban J connectivity index is 2.20. The van der Waals surface area contributed by atoms with Crippen LogP contribution >= 0.6 is 22.7 Å². The van der Waals surface area contributed by atoms with Crippen LogP contribution in [0.2, 0.25) is 0 Å². The summed E-state index contributed by atoms with van der Waals surface area (Å²) in [5.74, 6) is 0. The molecular formula is C9H12N4S2. The summed E-state index contributed by atoms with van der Waals surface area (Å²) in [5.41, 5.74) is 7.37. The van der Waals surface area contributed by atoms with Gasteiger partial charge in [-0.25, -0.2) is 9.97 Å². The lowest BCUT2D eigenvalue weighted by Gasteiger charge is -2.04. The predicted octanol–water partition coefficient (Wildman–Crippen LogP) is 1.91. The molecule has 2 aromatic heterocycles. The van der Waals surface area contributed by atoms with E-state index in [1.165, 1.54) is 11.3 Å². The Hall–Kier alpha value is -0.980. The van der Waals surface area contributed by atoms with Gasteiger partial charge in [-0.1, -0.05) is 0 Å². The molecule has 0 radical (unpaired) electrons. The van der Waals surface area contributed by atoms with Crippen LogP contribution in [0.1, 0.15) is 5.01 Å². The number of nitrogen functional groups attached to an aromatic ring is 1. The highest BCUT2D eigenvalue weighted by atomic mass is 32.1. The Bertz CT molecular complexity index is 446. The first-order valence-electron chi connectivity index (χ1n) is 4.45. The zero-order valence-corrected chi connectivity index (χ0v) is 10.2. The number of hydrogen-bond donors (Lipinski definition) is 1. The van der Waals surface area contributed by atoms with E-state index in [4.69, 9.17) is 5.73 Å². The first kappa shape index (κ1) is 10.5. The van der Waals surface area contributed by atoms with Crippen molar-refractivity contribution >= 4 is 27.8 Å². The normalized spacial score (nSPS) is 11.1. The van der Waals surface area contributed by atoms with Crippen molar-refractivity contribution in [2.24, 2.45) is 0 Å². The summed E-state index contributed by atoms with van der Waals surface area (Å²) in [6.45, 7) is 0.865. The van der Waals surface area contributed by atoms with Crippen molar-refractivity contribution in [3.63, 3.8) is 0 Å². The number of rotatable bonds is 3. The van der Waals surface area contributed by atoms with Crippen molar-refractivity contribution < 1.29 is 0 Å². The topological polar surface area (TPSA) is 55.0 Å². The Kier molecular flexibility index (Phi) is 2.99. The zero-order chi connectivity index (χ0) is 10.8. The fourth-order valence-corrected chi connectivity index (χ4v) is 2.64. The lowest BCUT2D eigenvalue weighted by atomic mass is 10.4. The molecule has 4 nitrogen and oxygen atoms in total. The van der Waals surface area contributed by atoms with Crippen LogP contribution in [0.25, 0.3) is 11.4 Å². The van der Waals surface area contributed by atoms with E-state index < -0.39 is 0 Å². The molecule has 2 rings (SSSR count). The van der Waals surface area contributed by atoms with Crippen molar-refractivity contribution in [3.8, 4) is 11.4 Å². The average Bonchev–Trinajstić information content (AvgIpc) is 2.72. The van der Waals surface area contributed by atoms with Crippen LogP contribution in [0.5, 0.6) is 0 Å². The third-order valence-electron chi connectivity index (χ3n) is 1.79. The Morgan fingerprint density at radius 3 is 2.47 bits per heavy atom. The summed E-state index contributed by atoms with van der Waals surface area (Å²) in [6.07, 6.45) is 0. The van der Waals surface area contributed by atoms with Crippen LogP contribution < -0.4 is 5.73 Å². The maximum Gasteiger partial charge on any atom is 0.180 e. The first-order valence-corrected chi connectivity index (χ1v) is 6.21. The molecule has 2 heterocycles. The summed E-state index contributed by atoms with van der Waals surface area (Å²) in [7, 11) is 4.06. The van der Waals surface area contributed by atoms with Crippen LogP contribution in [0.3, 0.4) is 0 Å². The van der Waals surface area contributed by atoms with Gasteiger partial charge in [0.2, 0.25) is 0 Å². The van der Waals surface area contributed by atoms with Crippen LogP contribution in [0.15, 0.2) is 10.8 Å². The molecule has 0 aliphatic rings. The van der Waals surface area contributed by atoms with E-state index in [0.717, 1.165) is 22.9 Å². The van der Waals surface area contributed by atoms with Crippen molar-refractivity contribution in [3.05, 3.63) is 15.8 Å². The predicted molar refractivity (Wildman–Crippen MR) is 65.0 cm³/mol. The summed E-state index contributed by atoms with van der Waals surface area (Å²) < 4.78 is 0. The van der Waals surface area contributed by atoms with Gasteiger partial charge in [-0.3, -0.25) is 0 Å². The lowest BCUT2D eigenvalue weighted by molar-refractivity contribution is 0.402. The fourth-order valence-electron chi connectivity index (χ4n) is 1.18. The summed E-state index contributed by atoms with van der Waals surface area (Å²) in [6, 6.07) is 0. The second-order valence-electron chi connectivity index (χ2n) is 3.44. The molecule has 0 aliphatic heterocycles. The minimum Gasteiger partial charge on any atom is -0.375 e. The van der Waals surface area contributed by atoms with E-state index >= 15 is 0 Å². The summed E-state index contributed by atoms with van der Waals surface area (Å²) in [5, 5.41) is 5.64. The van der Waals surface area contributed by atoms with Crippen LogP contribution in [0, 0.1) is 0 Å². The van der Waals surface area contributed by atoms with Gasteiger partial charge in [0, 0.05) is 17.3 Å². The number of thiazole rings is 2. The van der Waals surface area contributed by atoms with Crippen LogP contribution in [-0.4, -0.2) is 29.0 Å². The molecule has 0 spiro atoms. The maximum absolute atomic E-state index is 5.58. The lowest BCUT2D eigenvalue weighted by Crippen LogP contribution is -2.10. The van der Waals surface area contributed by atoms with Gasteiger partial charge in [0.15, 0.2) is 5.13 Å². The van der Waals surface area contributed by atoms with Gasteiger partial charge in [-0.05, 0) is 14.1 Å². The molecule has 2 N–H and O–H groups in total. The van der Waals surface area contributed by atoms with Crippen molar-refractivity contribution in [2.75, 3.05) is 19.8 Å². The summed E-state index contributed by atoms with van der Waals surface area (Å²) >= 11 is 3.10. The van der Waals surface area contributed by atoms with Gasteiger partial charge < -0.3 is 10.6 Å². The Morgan fingerprint density at radius 2 is 1.87 bits per heavy atom. The molecule has 0 unspecified atom stereocenters. The minimum atomic E-state index is 0.590. The molecule has 0 saturated carbocycles. The highest BCUT2D eigenvalue weighted by Crippen LogP contribution is 2.24. The minimum absolute atomic E-state index is 0.590. The van der Waals surface area contributed by atoms with Gasteiger partial charge in [-0.15, -0.1) is 22.7 Å². The Labute approximate surface area is 96.4 Å². The van der Waals surface area contributed by atoms with E-state index in [-0.39, 0.29) is 0 Å². The standard InChI is InChI=1S/C9H12N4S2/c1-13(2)3-8-11-6(4-14-8)7-5-15-9(10)12-7/h4-5H,3H2,1-2H3,(H2,10,12). The van der Waals surface area contributed by atoms with E-state index in [1.54, 1.807) is 11.3 Å². The molecule has 0 fully saturated rings. The van der Waals surface area contributed by atoms with E-state index in [9.17, 15) is 0 Å². The second-order valence-corrected chi connectivity index (χ2v) is 5.27. The largest absolute Gasteiger partial charge is 0.375 e. The molecule has 80 valence electrons. The number of nitrogens with zero attached hydrogens (tertiary/aromatic N) is 3. The second kappa shape index (κ2) is 4.26. The van der Waals surface area contributed by atoms with E-state index in [2.05, 4.69) is 14.9 Å². The number of anilines is 1. The Morgan fingerprint density at radius 1 is 1.20 bits per heavy atom. The van der Waals surface area contributed by atoms with Gasteiger partial charge in [0.25, 0.3) is 0 Å². The van der Waals surface area contributed by atoms with Crippen molar-refractivity contribution in [2.45, 2.75) is 6.54 Å². The summed E-state index contributed by atoms with van der Waals surface area (Å²) in [4.78, 5) is 10.8. The molecule has 0 atom stereocenters. The highest BCUT2D eigenvalue weighted by Gasteiger charge is 2.07. The van der Waals surface area contributed by atoms with E-state index in [1.807, 2.05) is 24.9 Å². The van der Waals surface area contributed by atoms with Crippen molar-refractivity contribution in [1.29, 1.82) is 0 Å². The molecule has 0 amide bonds. The molecule has 0 aromatic carbocycles. The third kappa shape index (κ3) is 2.53. The number of hydrogen-bond acceptors (Lipinski definition) is 6. The fraction of sp³-hybridized carbons (Fsp3) is 0.333. The third-order valence-corrected chi connectivity index (χ3v) is 3.30. The molecule has 0 aliphatic carbocycles. The van der Waals surface area contributed by atoms with Crippen molar-refractivity contribution in [1.82, 2.24) is 14.9 Å². The molecule has 2 aromatic rings. The van der Waals surface area contributed by atoms with E-state index in [0.29, 0.717) is 5.13 Å². The SMILES string of the molecule is CN(C)Cc1nc(-c2csc(N)n2)cs1. The van der Waals surface area contributed by atoms with Gasteiger partial charge in [-0.2, -0.15) is 0 Å². The average molecular weight is 240 g/mol. The first-order chi connectivity index (χ1) is 7.15. The van der Waals surface area contributed by atoms with Gasteiger partial charge in [0.1, 0.15) is 16.4 Å².